The first-order chi connectivity index (χ1) is 34.8. The molecule has 0 aliphatic carbocycles. The number of hydrogen-bond donors (Lipinski definition) is 0. The first-order valence-electron chi connectivity index (χ1n) is 24.2. The van der Waals surface area contributed by atoms with Gasteiger partial charge in [0.15, 0.2) is 8.07 Å². The highest BCUT2D eigenvalue weighted by atomic mass is 28.3. The van der Waals surface area contributed by atoms with Crippen LogP contribution in [0.4, 0.5) is 0 Å². The molecule has 0 aliphatic heterocycles. The Bertz CT molecular complexity index is 4180. The molecule has 14 rings (SSSR count). The molecule has 4 heteroatoms. The molecule has 70 heavy (non-hydrogen) atoms. The topological polar surface area (TPSA) is 14.8 Å². The van der Waals surface area contributed by atoms with E-state index in [9.17, 15) is 0 Å². The maximum absolute atomic E-state index is 2.79. The fourth-order valence-corrected chi connectivity index (χ4v) is 16.6. The van der Waals surface area contributed by atoms with Gasteiger partial charge in [-0.15, -0.1) is 0 Å². The van der Waals surface area contributed by atoms with Gasteiger partial charge in [0, 0.05) is 49.4 Å². The zero-order valence-electron chi connectivity index (χ0n) is 38.3. The third-order valence-corrected chi connectivity index (χ3v) is 19.5. The third-order valence-electron chi connectivity index (χ3n) is 14.8. The lowest BCUT2D eigenvalue weighted by Crippen LogP contribution is -2.74. The molecule has 0 radical (unpaired) electrons. The van der Waals surface area contributed by atoms with Crippen LogP contribution >= 0.6 is 0 Å². The molecule has 3 nitrogen and oxygen atoms in total. The van der Waals surface area contributed by atoms with Crippen LogP contribution in [-0.4, -0.2) is 21.8 Å². The predicted octanol–water partition coefficient (Wildman–Crippen LogP) is 14.0. The molecule has 11 aromatic carbocycles. The molecular formula is C66H45N3Si. The highest BCUT2D eigenvalue weighted by Gasteiger charge is 2.41. The van der Waals surface area contributed by atoms with Crippen molar-refractivity contribution in [1.29, 1.82) is 0 Å². The smallest absolute Gasteiger partial charge is 0.179 e. The Labute approximate surface area is 407 Å². The monoisotopic (exact) mass is 907 g/mol. The molecule has 3 aromatic heterocycles. The van der Waals surface area contributed by atoms with Crippen LogP contribution in [0.25, 0.3) is 93.6 Å². The van der Waals surface area contributed by atoms with Crippen LogP contribution in [0.1, 0.15) is 0 Å². The summed E-state index contributed by atoms with van der Waals surface area (Å²) in [5.41, 5.74) is 13.0. The number of aromatic nitrogens is 3. The van der Waals surface area contributed by atoms with E-state index in [2.05, 4.69) is 287 Å². The minimum absolute atomic E-state index is 1.12. The summed E-state index contributed by atoms with van der Waals surface area (Å²) in [4.78, 5) is 0. The Morgan fingerprint density at radius 3 is 1.30 bits per heavy atom. The van der Waals surface area contributed by atoms with Crippen LogP contribution in [0, 0.1) is 0 Å². The van der Waals surface area contributed by atoms with Gasteiger partial charge in [-0.25, -0.2) is 0 Å². The maximum atomic E-state index is 2.50. The Kier molecular flexibility index (Phi) is 9.23. The molecule has 0 saturated carbocycles. The van der Waals surface area contributed by atoms with Gasteiger partial charge in [-0.05, 0) is 105 Å². The highest BCUT2D eigenvalue weighted by molar-refractivity contribution is 7.19. The molecule has 0 bridgehead atoms. The second kappa shape index (κ2) is 16.1. The average molecular weight is 908 g/mol. The van der Waals surface area contributed by atoms with Gasteiger partial charge in [0.1, 0.15) is 0 Å². The normalized spacial score (nSPS) is 12.0. The van der Waals surface area contributed by atoms with Crippen LogP contribution in [0.15, 0.2) is 273 Å². The van der Waals surface area contributed by atoms with Gasteiger partial charge < -0.3 is 13.7 Å². The number of rotatable bonds is 8. The van der Waals surface area contributed by atoms with Crippen LogP contribution in [0.5, 0.6) is 0 Å². The van der Waals surface area contributed by atoms with Crippen molar-refractivity contribution in [3.8, 4) is 28.2 Å². The fourth-order valence-electron chi connectivity index (χ4n) is 11.9. The lowest BCUT2D eigenvalue weighted by atomic mass is 9.98. The van der Waals surface area contributed by atoms with Crippen LogP contribution < -0.4 is 20.7 Å². The summed E-state index contributed by atoms with van der Waals surface area (Å²) >= 11 is 0. The minimum Gasteiger partial charge on any atom is -0.309 e. The van der Waals surface area contributed by atoms with Gasteiger partial charge in [0.05, 0.1) is 33.1 Å². The Hall–Kier alpha value is -8.96. The summed E-state index contributed by atoms with van der Waals surface area (Å²) in [5.74, 6) is 0. The van der Waals surface area contributed by atoms with Crippen molar-refractivity contribution < 1.29 is 0 Å². The molecule has 14 aromatic rings. The number of benzene rings is 11. The van der Waals surface area contributed by atoms with E-state index in [4.69, 9.17) is 0 Å². The number of para-hydroxylation sites is 4. The van der Waals surface area contributed by atoms with E-state index in [1.54, 1.807) is 0 Å². The van der Waals surface area contributed by atoms with Crippen molar-refractivity contribution in [2.75, 3.05) is 0 Å². The van der Waals surface area contributed by atoms with Crippen molar-refractivity contribution in [3.05, 3.63) is 273 Å². The van der Waals surface area contributed by atoms with Crippen LogP contribution in [0.3, 0.4) is 0 Å². The number of nitrogens with zero attached hydrogens (tertiary/aromatic N) is 3. The van der Waals surface area contributed by atoms with Crippen LogP contribution in [0.2, 0.25) is 0 Å². The number of hydrogen-bond acceptors (Lipinski definition) is 0. The lowest BCUT2D eigenvalue weighted by molar-refractivity contribution is 1.16. The summed E-state index contributed by atoms with van der Waals surface area (Å²) < 4.78 is 7.36. The summed E-state index contributed by atoms with van der Waals surface area (Å²) in [6, 6.07) is 101. The van der Waals surface area contributed by atoms with E-state index >= 15 is 0 Å². The third kappa shape index (κ3) is 6.00. The zero-order valence-corrected chi connectivity index (χ0v) is 39.3. The van der Waals surface area contributed by atoms with Crippen molar-refractivity contribution in [3.63, 3.8) is 0 Å². The van der Waals surface area contributed by atoms with Crippen molar-refractivity contribution in [1.82, 2.24) is 13.7 Å². The first kappa shape index (κ1) is 40.1. The van der Waals surface area contributed by atoms with Gasteiger partial charge >= 0.3 is 0 Å². The van der Waals surface area contributed by atoms with Crippen molar-refractivity contribution in [2.45, 2.75) is 0 Å². The lowest BCUT2D eigenvalue weighted by Gasteiger charge is -2.34. The molecule has 0 fully saturated rings. The summed E-state index contributed by atoms with van der Waals surface area (Å²) in [7, 11) is -2.79. The maximum Gasteiger partial charge on any atom is 0.179 e. The number of fused-ring (bicyclic) bond motifs is 9. The Morgan fingerprint density at radius 1 is 0.229 bits per heavy atom. The SMILES string of the molecule is c1ccc(-n2c3ccccc3c3cc(-c4cccc5c4c4ccccc4n5-c4ccc5c6ccccc6n(-c6cccc([Si](c7ccccc7)(c7ccccc7)c7ccccc7)c6)c5c4)ccc32)cc1. The van der Waals surface area contributed by atoms with Crippen molar-refractivity contribution in [2.24, 2.45) is 0 Å². The molecular weight excluding hydrogens is 863 g/mol. The van der Waals surface area contributed by atoms with Gasteiger partial charge in [-0.2, -0.15) is 0 Å². The molecule has 328 valence electrons. The molecule has 3 heterocycles. The second-order valence-corrected chi connectivity index (χ2v) is 22.2. The van der Waals surface area contributed by atoms with Gasteiger partial charge in [0.2, 0.25) is 0 Å². The second-order valence-electron chi connectivity index (χ2n) is 18.4. The Morgan fingerprint density at radius 2 is 0.657 bits per heavy atom. The first-order valence-corrected chi connectivity index (χ1v) is 26.2. The van der Waals surface area contributed by atoms with Crippen LogP contribution in [-0.2, 0) is 0 Å². The quantitative estimate of drug-likeness (QED) is 0.107. The average Bonchev–Trinajstić information content (AvgIpc) is 4.08. The summed E-state index contributed by atoms with van der Waals surface area (Å²) in [5, 5.41) is 12.9. The zero-order chi connectivity index (χ0) is 46.2. The summed E-state index contributed by atoms with van der Waals surface area (Å²) in [6.07, 6.45) is 0. The molecule has 0 aliphatic rings. The standard InChI is InChI=1S/C66H45N3Si/c1-5-21-47(22-6-1)67-61-36-17-14-32-56(61)59-43-46(39-42-63(59)67)54-34-20-38-64-66(54)58-33-15-18-37-62(58)68(64)49-40-41-57-55-31-13-16-35-60(55)69(65(57)45-49)48-23-19-30-53(44-48)70(50-24-7-2-8-25-50,51-26-9-3-10-27-51)52-28-11-4-12-29-52/h1-45H. The van der Waals surface area contributed by atoms with E-state index < -0.39 is 8.07 Å². The predicted molar refractivity (Wildman–Crippen MR) is 299 cm³/mol. The van der Waals surface area contributed by atoms with Gasteiger partial charge in [-0.3, -0.25) is 0 Å². The van der Waals surface area contributed by atoms with E-state index in [0.29, 0.717) is 0 Å². The summed E-state index contributed by atoms with van der Waals surface area (Å²) in [6.45, 7) is 0. The highest BCUT2D eigenvalue weighted by Crippen LogP contribution is 2.42. The molecule has 0 atom stereocenters. The largest absolute Gasteiger partial charge is 0.309 e. The molecule has 0 unspecified atom stereocenters. The minimum atomic E-state index is -2.79. The molecule has 0 spiro atoms. The van der Waals surface area contributed by atoms with Gasteiger partial charge in [-0.1, -0.05) is 200 Å². The molecule has 0 amide bonds. The van der Waals surface area contributed by atoms with E-state index in [1.165, 1.54) is 97.3 Å². The molecule has 0 saturated heterocycles. The van der Waals surface area contributed by atoms with Gasteiger partial charge in [0.25, 0.3) is 0 Å². The van der Waals surface area contributed by atoms with Crippen molar-refractivity contribution >= 4 is 94.2 Å². The van der Waals surface area contributed by atoms with E-state index in [0.717, 1.165) is 17.1 Å². The molecule has 0 N–H and O–H groups in total. The van der Waals surface area contributed by atoms with E-state index in [-0.39, 0.29) is 0 Å². The Balaban J connectivity index is 0.980. The van der Waals surface area contributed by atoms with E-state index in [1.807, 2.05) is 0 Å². The fraction of sp³-hybridized carbons (Fsp3) is 0.